The summed E-state index contributed by atoms with van der Waals surface area (Å²) in [4.78, 5) is 31.5. The summed E-state index contributed by atoms with van der Waals surface area (Å²) in [5, 5.41) is 8.99. The van der Waals surface area contributed by atoms with Crippen LogP contribution >= 0.6 is 11.8 Å². The second kappa shape index (κ2) is 6.72. The molecule has 5 nitrogen and oxygen atoms in total. The molecule has 0 aliphatic rings. The van der Waals surface area contributed by atoms with Gasteiger partial charge in [-0.15, -0.1) is 11.8 Å². The van der Waals surface area contributed by atoms with Gasteiger partial charge in [-0.1, -0.05) is 18.2 Å². The van der Waals surface area contributed by atoms with E-state index in [1.807, 2.05) is 30.5 Å². The molecule has 0 fully saturated rings. The molecule has 0 aliphatic carbocycles. The van der Waals surface area contributed by atoms with E-state index in [4.69, 9.17) is 5.11 Å². The fraction of sp³-hybridized carbons (Fsp3) is 0.0556. The predicted molar refractivity (Wildman–Crippen MR) is 94.5 cm³/mol. The Morgan fingerprint density at radius 3 is 2.50 bits per heavy atom. The lowest BCUT2D eigenvalue weighted by Crippen LogP contribution is -2.12. The highest BCUT2D eigenvalue weighted by Crippen LogP contribution is 2.29. The third kappa shape index (κ3) is 3.09. The average Bonchev–Trinajstić information content (AvgIpc) is 2.61. The van der Waals surface area contributed by atoms with Crippen molar-refractivity contribution in [3.8, 4) is 22.5 Å². The molecule has 1 aromatic carbocycles. The van der Waals surface area contributed by atoms with E-state index in [0.29, 0.717) is 22.5 Å². The van der Waals surface area contributed by atoms with Crippen LogP contribution < -0.4 is 5.56 Å². The molecule has 0 aliphatic heterocycles. The summed E-state index contributed by atoms with van der Waals surface area (Å²) in [6, 6.07) is 13.7. The number of thioether (sulfide) groups is 1. The Morgan fingerprint density at radius 1 is 1.17 bits per heavy atom. The van der Waals surface area contributed by atoms with Crippen LogP contribution in [0, 0.1) is 0 Å². The number of aromatic amines is 1. The molecule has 2 heterocycles. The molecule has 0 bridgehead atoms. The smallest absolute Gasteiger partial charge is 0.335 e. The van der Waals surface area contributed by atoms with Crippen LogP contribution in [0.4, 0.5) is 0 Å². The Kier molecular flexibility index (Phi) is 4.48. The second-order valence-corrected chi connectivity index (χ2v) is 5.90. The van der Waals surface area contributed by atoms with Crippen molar-refractivity contribution in [2.24, 2.45) is 0 Å². The Bertz CT molecular complexity index is 935. The molecule has 3 aromatic rings. The van der Waals surface area contributed by atoms with Gasteiger partial charge in [0.25, 0.3) is 5.56 Å². The van der Waals surface area contributed by atoms with Gasteiger partial charge < -0.3 is 10.1 Å². The highest BCUT2D eigenvalue weighted by molar-refractivity contribution is 7.98. The summed E-state index contributed by atoms with van der Waals surface area (Å²) in [6.45, 7) is 0. The lowest BCUT2D eigenvalue weighted by molar-refractivity contribution is 0.0697. The molecule has 120 valence electrons. The van der Waals surface area contributed by atoms with E-state index in [-0.39, 0.29) is 11.1 Å². The topological polar surface area (TPSA) is 83.0 Å². The van der Waals surface area contributed by atoms with Crippen LogP contribution in [-0.4, -0.2) is 27.3 Å². The second-order valence-electron chi connectivity index (χ2n) is 5.05. The third-order valence-electron chi connectivity index (χ3n) is 3.58. The number of hydrogen-bond donors (Lipinski definition) is 2. The van der Waals surface area contributed by atoms with Gasteiger partial charge in [-0.05, 0) is 42.2 Å². The zero-order valence-corrected chi connectivity index (χ0v) is 13.6. The van der Waals surface area contributed by atoms with Crippen LogP contribution in [0.3, 0.4) is 0 Å². The van der Waals surface area contributed by atoms with Crippen molar-refractivity contribution >= 4 is 17.7 Å². The number of H-pyrrole nitrogens is 1. The Hall–Kier alpha value is -2.86. The minimum absolute atomic E-state index is 0.186. The number of nitrogens with one attached hydrogen (secondary N) is 1. The Balaban J connectivity index is 2.12. The SMILES string of the molecule is CSc1cc(-c2ccccn2)[nH]c(=O)c1-c1ccc(C(=O)O)cc1. The van der Waals surface area contributed by atoms with Crippen molar-refractivity contribution < 1.29 is 9.90 Å². The number of aromatic nitrogens is 2. The first-order chi connectivity index (χ1) is 11.6. The number of nitrogens with zero attached hydrogens (tertiary/aromatic N) is 1. The predicted octanol–water partition coefficient (Wildman–Crippen LogP) is 3.52. The van der Waals surface area contributed by atoms with E-state index in [0.717, 1.165) is 4.90 Å². The lowest BCUT2D eigenvalue weighted by atomic mass is 10.0. The summed E-state index contributed by atoms with van der Waals surface area (Å²) in [7, 11) is 0. The van der Waals surface area contributed by atoms with Gasteiger partial charge in [0.05, 0.1) is 22.5 Å². The molecule has 0 unspecified atom stereocenters. The molecule has 0 spiro atoms. The van der Waals surface area contributed by atoms with E-state index in [1.165, 1.54) is 23.9 Å². The number of carbonyl (C=O) groups is 1. The Morgan fingerprint density at radius 2 is 1.92 bits per heavy atom. The highest BCUT2D eigenvalue weighted by Gasteiger charge is 2.13. The van der Waals surface area contributed by atoms with Crippen LogP contribution in [0.15, 0.2) is 64.4 Å². The first kappa shape index (κ1) is 16.0. The van der Waals surface area contributed by atoms with Crippen molar-refractivity contribution in [2.45, 2.75) is 4.90 Å². The standard InChI is InChI=1S/C18H14N2O3S/c1-24-15-10-14(13-4-2-3-9-19-13)20-17(21)16(15)11-5-7-12(8-6-11)18(22)23/h2-10H,1H3,(H,20,21)(H,22,23). The van der Waals surface area contributed by atoms with Gasteiger partial charge in [0.2, 0.25) is 0 Å². The zero-order valence-electron chi connectivity index (χ0n) is 12.8. The number of hydrogen-bond acceptors (Lipinski definition) is 4. The maximum Gasteiger partial charge on any atom is 0.335 e. The van der Waals surface area contributed by atoms with Crippen LogP contribution in [-0.2, 0) is 0 Å². The number of carboxylic acids is 1. The third-order valence-corrected chi connectivity index (χ3v) is 4.34. The van der Waals surface area contributed by atoms with Crippen molar-refractivity contribution in [3.05, 3.63) is 70.6 Å². The fourth-order valence-electron chi connectivity index (χ4n) is 2.41. The molecule has 0 amide bonds. The number of benzene rings is 1. The largest absolute Gasteiger partial charge is 0.478 e. The molecule has 0 saturated heterocycles. The van der Waals surface area contributed by atoms with Gasteiger partial charge in [-0.2, -0.15) is 0 Å². The molecular formula is C18H14N2O3S. The minimum Gasteiger partial charge on any atom is -0.478 e. The summed E-state index contributed by atoms with van der Waals surface area (Å²) >= 11 is 1.46. The molecule has 0 atom stereocenters. The molecule has 0 radical (unpaired) electrons. The monoisotopic (exact) mass is 338 g/mol. The molecule has 2 aromatic heterocycles. The van der Waals surface area contributed by atoms with Gasteiger partial charge in [-0.3, -0.25) is 9.78 Å². The van der Waals surface area contributed by atoms with Crippen LogP contribution in [0.5, 0.6) is 0 Å². The number of pyridine rings is 2. The van der Waals surface area contributed by atoms with Crippen molar-refractivity contribution in [3.63, 3.8) is 0 Å². The average molecular weight is 338 g/mol. The molecule has 0 saturated carbocycles. The van der Waals surface area contributed by atoms with Crippen molar-refractivity contribution in [1.82, 2.24) is 9.97 Å². The van der Waals surface area contributed by atoms with Gasteiger partial charge in [0.1, 0.15) is 0 Å². The van der Waals surface area contributed by atoms with E-state index < -0.39 is 5.97 Å². The van der Waals surface area contributed by atoms with Crippen molar-refractivity contribution in [2.75, 3.05) is 6.26 Å². The molecule has 24 heavy (non-hydrogen) atoms. The first-order valence-electron chi connectivity index (χ1n) is 7.16. The molecular weight excluding hydrogens is 324 g/mol. The zero-order chi connectivity index (χ0) is 17.1. The van der Waals surface area contributed by atoms with Crippen LogP contribution in [0.2, 0.25) is 0 Å². The molecule has 6 heteroatoms. The van der Waals surface area contributed by atoms with Crippen LogP contribution in [0.1, 0.15) is 10.4 Å². The minimum atomic E-state index is -0.994. The number of rotatable bonds is 4. The van der Waals surface area contributed by atoms with Gasteiger partial charge >= 0.3 is 5.97 Å². The van der Waals surface area contributed by atoms with E-state index in [9.17, 15) is 9.59 Å². The van der Waals surface area contributed by atoms with E-state index in [1.54, 1.807) is 18.3 Å². The fourth-order valence-corrected chi connectivity index (χ4v) is 3.06. The van der Waals surface area contributed by atoms with E-state index in [2.05, 4.69) is 9.97 Å². The van der Waals surface area contributed by atoms with E-state index >= 15 is 0 Å². The normalized spacial score (nSPS) is 10.5. The van der Waals surface area contributed by atoms with Crippen LogP contribution in [0.25, 0.3) is 22.5 Å². The number of aromatic carboxylic acids is 1. The number of carboxylic acid groups (broad SMARTS) is 1. The maximum absolute atomic E-state index is 12.6. The van der Waals surface area contributed by atoms with Crippen molar-refractivity contribution in [1.29, 1.82) is 0 Å². The molecule has 3 rings (SSSR count). The lowest BCUT2D eigenvalue weighted by Gasteiger charge is -2.10. The summed E-state index contributed by atoms with van der Waals surface area (Å²) in [5.41, 5.74) is 2.50. The Labute approximate surface area is 142 Å². The quantitative estimate of drug-likeness (QED) is 0.711. The summed E-state index contributed by atoms with van der Waals surface area (Å²) < 4.78 is 0. The van der Waals surface area contributed by atoms with Gasteiger partial charge in [0.15, 0.2) is 0 Å². The highest BCUT2D eigenvalue weighted by atomic mass is 32.2. The summed E-state index contributed by atoms with van der Waals surface area (Å²) in [5.74, 6) is -0.994. The van der Waals surface area contributed by atoms with Gasteiger partial charge in [0, 0.05) is 11.1 Å². The van der Waals surface area contributed by atoms with Gasteiger partial charge in [-0.25, -0.2) is 4.79 Å². The first-order valence-corrected chi connectivity index (χ1v) is 8.39. The summed E-state index contributed by atoms with van der Waals surface area (Å²) in [6.07, 6.45) is 3.57. The maximum atomic E-state index is 12.6. The molecule has 2 N–H and O–H groups in total.